The Kier molecular flexibility index (Phi) is 5.77. The highest BCUT2D eigenvalue weighted by molar-refractivity contribution is 5.80. The molecule has 0 fully saturated rings. The molecule has 0 spiro atoms. The van der Waals surface area contributed by atoms with Crippen molar-refractivity contribution < 1.29 is 9.53 Å². The van der Waals surface area contributed by atoms with E-state index in [1.165, 1.54) is 0 Å². The Bertz CT molecular complexity index is 583. The van der Waals surface area contributed by atoms with Crippen molar-refractivity contribution in [2.45, 2.75) is 26.5 Å². The molecule has 0 bridgehead atoms. The van der Waals surface area contributed by atoms with Crippen LogP contribution in [0.15, 0.2) is 48.8 Å². The Hall–Kier alpha value is -2.56. The third-order valence-corrected chi connectivity index (χ3v) is 2.89. The number of aromatic nitrogens is 1. The van der Waals surface area contributed by atoms with Gasteiger partial charge in [-0.3, -0.25) is 9.78 Å². The first-order valence-corrected chi connectivity index (χ1v) is 7.29. The monoisotopic (exact) mass is 299 g/mol. The molecule has 1 aromatic carbocycles. The molecule has 5 heteroatoms. The van der Waals surface area contributed by atoms with E-state index in [0.717, 1.165) is 17.0 Å². The quantitative estimate of drug-likeness (QED) is 0.825. The number of hydrogen-bond donors (Lipinski definition) is 2. The van der Waals surface area contributed by atoms with Gasteiger partial charge < -0.3 is 15.4 Å². The molecule has 0 aliphatic carbocycles. The lowest BCUT2D eigenvalue weighted by Gasteiger charge is -2.11. The molecule has 22 heavy (non-hydrogen) atoms. The van der Waals surface area contributed by atoms with Crippen LogP contribution >= 0.6 is 0 Å². The van der Waals surface area contributed by atoms with E-state index in [-0.39, 0.29) is 18.6 Å². The van der Waals surface area contributed by atoms with Crippen LogP contribution in [0.3, 0.4) is 0 Å². The minimum Gasteiger partial charge on any atom is -0.491 e. The predicted molar refractivity (Wildman–Crippen MR) is 86.8 cm³/mol. The molecular formula is C17H21N3O2. The van der Waals surface area contributed by atoms with Crippen molar-refractivity contribution in [3.8, 4) is 5.75 Å². The molecule has 0 atom stereocenters. The highest BCUT2D eigenvalue weighted by Gasteiger charge is 2.02. The number of amides is 1. The maximum Gasteiger partial charge on any atom is 0.239 e. The largest absolute Gasteiger partial charge is 0.491 e. The van der Waals surface area contributed by atoms with Crippen molar-refractivity contribution in [1.29, 1.82) is 0 Å². The molecule has 2 rings (SSSR count). The summed E-state index contributed by atoms with van der Waals surface area (Å²) in [7, 11) is 0. The van der Waals surface area contributed by atoms with Crippen LogP contribution in [-0.2, 0) is 11.3 Å². The van der Waals surface area contributed by atoms with Gasteiger partial charge in [0.1, 0.15) is 5.75 Å². The summed E-state index contributed by atoms with van der Waals surface area (Å²) >= 11 is 0. The first kappa shape index (κ1) is 15.8. The standard InChI is InChI=1S/C17H21N3O2/c1-13(2)22-16-7-5-15(6-8-16)19-12-17(21)20-11-14-4-3-9-18-10-14/h3-10,13,19H,11-12H2,1-2H3,(H,20,21). The molecule has 0 aliphatic heterocycles. The third kappa shape index (κ3) is 5.44. The lowest BCUT2D eigenvalue weighted by atomic mass is 10.3. The number of rotatable bonds is 7. The van der Waals surface area contributed by atoms with Crippen LogP contribution in [0, 0.1) is 0 Å². The number of carbonyl (C=O) groups is 1. The summed E-state index contributed by atoms with van der Waals surface area (Å²) < 4.78 is 5.57. The maximum atomic E-state index is 11.8. The van der Waals surface area contributed by atoms with E-state index in [2.05, 4.69) is 15.6 Å². The van der Waals surface area contributed by atoms with Crippen LogP contribution in [0.5, 0.6) is 5.75 Å². The number of nitrogens with one attached hydrogen (secondary N) is 2. The van der Waals surface area contributed by atoms with E-state index in [9.17, 15) is 4.79 Å². The highest BCUT2D eigenvalue weighted by Crippen LogP contribution is 2.16. The predicted octanol–water partition coefficient (Wildman–Crippen LogP) is 2.60. The van der Waals surface area contributed by atoms with Gasteiger partial charge in [0.05, 0.1) is 12.6 Å². The first-order chi connectivity index (χ1) is 10.6. The Labute approximate surface area is 130 Å². The summed E-state index contributed by atoms with van der Waals surface area (Å²) in [5.41, 5.74) is 1.86. The van der Waals surface area contributed by atoms with Gasteiger partial charge in [-0.1, -0.05) is 6.07 Å². The number of hydrogen-bond acceptors (Lipinski definition) is 4. The average Bonchev–Trinajstić information content (AvgIpc) is 2.53. The molecule has 1 amide bonds. The number of nitrogens with zero attached hydrogens (tertiary/aromatic N) is 1. The van der Waals surface area contributed by atoms with E-state index < -0.39 is 0 Å². The Morgan fingerprint density at radius 1 is 1.23 bits per heavy atom. The lowest BCUT2D eigenvalue weighted by molar-refractivity contribution is -0.119. The van der Waals surface area contributed by atoms with Gasteiger partial charge in [0.15, 0.2) is 0 Å². The first-order valence-electron chi connectivity index (χ1n) is 7.29. The Morgan fingerprint density at radius 2 is 2.00 bits per heavy atom. The van der Waals surface area contributed by atoms with Crippen LogP contribution < -0.4 is 15.4 Å². The number of carbonyl (C=O) groups excluding carboxylic acids is 1. The fourth-order valence-electron chi connectivity index (χ4n) is 1.87. The summed E-state index contributed by atoms with van der Waals surface area (Å²) in [6.45, 7) is 4.68. The third-order valence-electron chi connectivity index (χ3n) is 2.89. The van der Waals surface area contributed by atoms with E-state index >= 15 is 0 Å². The summed E-state index contributed by atoms with van der Waals surface area (Å²) in [6.07, 6.45) is 3.60. The average molecular weight is 299 g/mol. The van der Waals surface area contributed by atoms with Crippen molar-refractivity contribution in [3.05, 3.63) is 54.4 Å². The summed E-state index contributed by atoms with van der Waals surface area (Å²) in [6, 6.07) is 11.3. The van der Waals surface area contributed by atoms with E-state index in [1.807, 2.05) is 50.2 Å². The Morgan fingerprint density at radius 3 is 2.64 bits per heavy atom. The number of pyridine rings is 1. The Balaban J connectivity index is 1.74. The van der Waals surface area contributed by atoms with Gasteiger partial charge in [-0.2, -0.15) is 0 Å². The van der Waals surface area contributed by atoms with Gasteiger partial charge in [-0.25, -0.2) is 0 Å². The van der Waals surface area contributed by atoms with Crippen LogP contribution in [0.2, 0.25) is 0 Å². The molecule has 0 radical (unpaired) electrons. The van der Waals surface area contributed by atoms with Crippen LogP contribution in [-0.4, -0.2) is 23.5 Å². The van der Waals surface area contributed by atoms with E-state index in [4.69, 9.17) is 4.74 Å². The molecule has 0 aliphatic rings. The molecule has 2 aromatic rings. The molecule has 0 saturated heterocycles. The van der Waals surface area contributed by atoms with Gasteiger partial charge in [0.25, 0.3) is 0 Å². The van der Waals surface area contributed by atoms with Gasteiger partial charge in [-0.15, -0.1) is 0 Å². The molecule has 0 unspecified atom stereocenters. The van der Waals surface area contributed by atoms with Crippen molar-refractivity contribution in [3.63, 3.8) is 0 Å². The van der Waals surface area contributed by atoms with Crippen molar-refractivity contribution in [2.24, 2.45) is 0 Å². The SMILES string of the molecule is CC(C)Oc1ccc(NCC(=O)NCc2cccnc2)cc1. The minimum atomic E-state index is -0.0636. The van der Waals surface area contributed by atoms with E-state index in [0.29, 0.717) is 6.54 Å². The molecule has 1 heterocycles. The molecule has 2 N–H and O–H groups in total. The molecule has 0 saturated carbocycles. The van der Waals surface area contributed by atoms with Crippen LogP contribution in [0.1, 0.15) is 19.4 Å². The van der Waals surface area contributed by atoms with Crippen LogP contribution in [0.4, 0.5) is 5.69 Å². The second kappa shape index (κ2) is 8.02. The van der Waals surface area contributed by atoms with Crippen molar-refractivity contribution in [1.82, 2.24) is 10.3 Å². The van der Waals surface area contributed by atoms with Crippen molar-refractivity contribution in [2.75, 3.05) is 11.9 Å². The topological polar surface area (TPSA) is 63.2 Å². The second-order valence-corrected chi connectivity index (χ2v) is 5.18. The number of anilines is 1. The van der Waals surface area contributed by atoms with Gasteiger partial charge >= 0.3 is 0 Å². The highest BCUT2D eigenvalue weighted by atomic mass is 16.5. The number of ether oxygens (including phenoxy) is 1. The van der Waals surface area contributed by atoms with Crippen LogP contribution in [0.25, 0.3) is 0 Å². The second-order valence-electron chi connectivity index (χ2n) is 5.18. The van der Waals surface area contributed by atoms with Gasteiger partial charge in [-0.05, 0) is 49.7 Å². The molecular weight excluding hydrogens is 278 g/mol. The number of benzene rings is 1. The zero-order valence-corrected chi connectivity index (χ0v) is 12.9. The van der Waals surface area contributed by atoms with Gasteiger partial charge in [0.2, 0.25) is 5.91 Å². The summed E-state index contributed by atoms with van der Waals surface area (Å²) in [4.78, 5) is 15.8. The molecule has 116 valence electrons. The van der Waals surface area contributed by atoms with Gasteiger partial charge in [0, 0.05) is 24.6 Å². The zero-order chi connectivity index (χ0) is 15.8. The smallest absolute Gasteiger partial charge is 0.239 e. The summed E-state index contributed by atoms with van der Waals surface area (Å²) in [5, 5.41) is 5.92. The fourth-order valence-corrected chi connectivity index (χ4v) is 1.87. The molecule has 1 aromatic heterocycles. The summed E-state index contributed by atoms with van der Waals surface area (Å²) in [5.74, 6) is 0.757. The lowest BCUT2D eigenvalue weighted by Crippen LogP contribution is -2.29. The fraction of sp³-hybridized carbons (Fsp3) is 0.294. The normalized spacial score (nSPS) is 10.3. The van der Waals surface area contributed by atoms with E-state index in [1.54, 1.807) is 12.4 Å². The maximum absolute atomic E-state index is 11.8. The minimum absolute atomic E-state index is 0.0636. The van der Waals surface area contributed by atoms with Crippen molar-refractivity contribution >= 4 is 11.6 Å². The molecule has 5 nitrogen and oxygen atoms in total. The zero-order valence-electron chi connectivity index (χ0n) is 12.9.